The standard InChI is InChI=1S/C28H43NO11/c1-16(30)29-21-11-14-28(25(34)36-8,27(35)12-9-20(10-13-27)26(5,6)7)40-23(21)24(39-19(4)33)22(38-18(3)32)15-37-17(2)31/h11,14,20-24,35H,9-10,12-13,15H2,1-8H3,(H,29,30)/t20?,21-,22-,23-,24-,27?,28-/m1/s1. The van der Waals surface area contributed by atoms with Gasteiger partial charge in [0.15, 0.2) is 12.2 Å². The fraction of sp³-hybridized carbons (Fsp3) is 0.750. The lowest BCUT2D eigenvalue weighted by Gasteiger charge is -2.52. The van der Waals surface area contributed by atoms with Crippen LogP contribution in [-0.4, -0.2) is 84.2 Å². The first-order chi connectivity index (χ1) is 18.5. The van der Waals surface area contributed by atoms with Gasteiger partial charge in [-0.1, -0.05) is 26.8 Å². The topological polar surface area (TPSA) is 164 Å². The summed E-state index contributed by atoms with van der Waals surface area (Å²) < 4.78 is 27.5. The Morgan fingerprint density at radius 3 is 2.02 bits per heavy atom. The Kier molecular flexibility index (Phi) is 10.9. The van der Waals surface area contributed by atoms with E-state index in [1.165, 1.54) is 19.1 Å². The molecule has 1 aliphatic carbocycles. The fourth-order valence-corrected chi connectivity index (χ4v) is 5.52. The molecule has 1 saturated carbocycles. The second-order valence-corrected chi connectivity index (χ2v) is 11.6. The van der Waals surface area contributed by atoms with Crippen LogP contribution in [0.3, 0.4) is 0 Å². The zero-order valence-electron chi connectivity index (χ0n) is 24.6. The molecule has 2 N–H and O–H groups in total. The number of methoxy groups -OCH3 is 1. The number of esters is 4. The Hall–Kier alpha value is -2.99. The van der Waals surface area contributed by atoms with E-state index in [1.807, 2.05) is 0 Å². The molecule has 0 aromatic carbocycles. The number of rotatable bonds is 9. The van der Waals surface area contributed by atoms with Crippen molar-refractivity contribution in [2.75, 3.05) is 13.7 Å². The molecule has 12 nitrogen and oxygen atoms in total. The van der Waals surface area contributed by atoms with Crippen molar-refractivity contribution in [3.8, 4) is 0 Å². The highest BCUT2D eigenvalue weighted by Crippen LogP contribution is 2.49. The molecule has 0 aromatic heterocycles. The highest BCUT2D eigenvalue weighted by molar-refractivity contribution is 5.84. The largest absolute Gasteiger partial charge is 0.467 e. The Bertz CT molecular complexity index is 993. The number of ether oxygens (including phenoxy) is 5. The van der Waals surface area contributed by atoms with Gasteiger partial charge in [-0.2, -0.15) is 0 Å². The Balaban J connectivity index is 2.65. The molecule has 1 heterocycles. The average Bonchev–Trinajstić information content (AvgIpc) is 2.84. The van der Waals surface area contributed by atoms with Crippen molar-refractivity contribution >= 4 is 29.8 Å². The zero-order valence-corrected chi connectivity index (χ0v) is 24.6. The SMILES string of the molecule is COC(=O)[C@@]1(C2(O)CCC(C(C)(C)C)CC2)C=C[C@@H](NC(C)=O)[C@H]([C@H](OC(C)=O)[C@@H](COC(C)=O)OC(C)=O)O1. The van der Waals surface area contributed by atoms with E-state index in [0.29, 0.717) is 12.8 Å². The van der Waals surface area contributed by atoms with Crippen LogP contribution in [-0.2, 0) is 47.7 Å². The lowest BCUT2D eigenvalue weighted by Crippen LogP contribution is -2.69. The van der Waals surface area contributed by atoms with E-state index in [0.717, 1.165) is 27.9 Å². The first-order valence-electron chi connectivity index (χ1n) is 13.4. The first-order valence-corrected chi connectivity index (χ1v) is 13.4. The summed E-state index contributed by atoms with van der Waals surface area (Å²) in [6, 6.07) is -0.996. The van der Waals surface area contributed by atoms with E-state index in [9.17, 15) is 29.1 Å². The second-order valence-electron chi connectivity index (χ2n) is 11.6. The lowest BCUT2D eigenvalue weighted by molar-refractivity contribution is -0.244. The van der Waals surface area contributed by atoms with E-state index < -0.39 is 71.9 Å². The molecule has 0 bridgehead atoms. The van der Waals surface area contributed by atoms with E-state index >= 15 is 0 Å². The molecule has 226 valence electrons. The number of amides is 1. The van der Waals surface area contributed by atoms with Crippen molar-refractivity contribution in [2.45, 2.75) is 110 Å². The summed E-state index contributed by atoms with van der Waals surface area (Å²) in [6.45, 7) is 10.5. The molecule has 0 aromatic rings. The molecule has 40 heavy (non-hydrogen) atoms. The van der Waals surface area contributed by atoms with Crippen molar-refractivity contribution in [2.24, 2.45) is 11.3 Å². The Morgan fingerprint density at radius 2 is 1.57 bits per heavy atom. The molecule has 0 spiro atoms. The van der Waals surface area contributed by atoms with E-state index in [1.54, 1.807) is 0 Å². The van der Waals surface area contributed by atoms with Crippen LogP contribution in [0, 0.1) is 11.3 Å². The molecular formula is C28H43NO11. The number of carbonyl (C=O) groups excluding carboxylic acids is 5. The van der Waals surface area contributed by atoms with Crippen LogP contribution in [0.15, 0.2) is 12.2 Å². The maximum Gasteiger partial charge on any atom is 0.345 e. The summed E-state index contributed by atoms with van der Waals surface area (Å²) in [5, 5.41) is 14.7. The number of nitrogens with one attached hydrogen (secondary N) is 1. The minimum Gasteiger partial charge on any atom is -0.467 e. The monoisotopic (exact) mass is 569 g/mol. The third-order valence-corrected chi connectivity index (χ3v) is 7.56. The number of hydrogen-bond acceptors (Lipinski definition) is 11. The molecule has 2 aliphatic rings. The third-order valence-electron chi connectivity index (χ3n) is 7.56. The van der Waals surface area contributed by atoms with Crippen LogP contribution in [0.25, 0.3) is 0 Å². The summed E-state index contributed by atoms with van der Waals surface area (Å²) in [5.74, 6) is -3.33. The van der Waals surface area contributed by atoms with Gasteiger partial charge in [-0.25, -0.2) is 4.79 Å². The highest BCUT2D eigenvalue weighted by Gasteiger charge is 2.62. The smallest absolute Gasteiger partial charge is 0.345 e. The van der Waals surface area contributed by atoms with Gasteiger partial charge in [0.1, 0.15) is 18.3 Å². The van der Waals surface area contributed by atoms with Gasteiger partial charge < -0.3 is 34.1 Å². The maximum absolute atomic E-state index is 13.4. The van der Waals surface area contributed by atoms with Crippen LogP contribution in [0.4, 0.5) is 0 Å². The fourth-order valence-electron chi connectivity index (χ4n) is 5.52. The second kappa shape index (κ2) is 13.1. The van der Waals surface area contributed by atoms with Crippen molar-refractivity contribution in [3.63, 3.8) is 0 Å². The van der Waals surface area contributed by atoms with Crippen LogP contribution in [0.1, 0.15) is 74.1 Å². The molecule has 1 amide bonds. The third kappa shape index (κ3) is 7.81. The van der Waals surface area contributed by atoms with Crippen molar-refractivity contribution in [3.05, 3.63) is 12.2 Å². The van der Waals surface area contributed by atoms with Gasteiger partial charge in [0, 0.05) is 27.7 Å². The van der Waals surface area contributed by atoms with Crippen molar-refractivity contribution < 1.29 is 52.8 Å². The summed E-state index contributed by atoms with van der Waals surface area (Å²) in [7, 11) is 1.16. The molecule has 0 unspecified atom stereocenters. The van der Waals surface area contributed by atoms with Gasteiger partial charge in [-0.3, -0.25) is 19.2 Å². The predicted octanol–water partition coefficient (Wildman–Crippen LogP) is 1.75. The minimum absolute atomic E-state index is 0.0174. The van der Waals surface area contributed by atoms with Crippen molar-refractivity contribution in [1.82, 2.24) is 5.32 Å². The van der Waals surface area contributed by atoms with Gasteiger partial charge in [-0.15, -0.1) is 0 Å². The van der Waals surface area contributed by atoms with Crippen molar-refractivity contribution in [1.29, 1.82) is 0 Å². The number of carbonyl (C=O) groups is 5. The van der Waals surface area contributed by atoms with E-state index in [2.05, 4.69) is 26.1 Å². The minimum atomic E-state index is -2.05. The Morgan fingerprint density at radius 1 is 1.00 bits per heavy atom. The molecular weight excluding hydrogens is 526 g/mol. The van der Waals surface area contributed by atoms with Gasteiger partial charge in [-0.05, 0) is 43.1 Å². The normalized spacial score (nSPS) is 29.9. The van der Waals surface area contributed by atoms with Gasteiger partial charge in [0.25, 0.3) is 0 Å². The maximum atomic E-state index is 13.4. The van der Waals surface area contributed by atoms with Crippen LogP contribution in [0.5, 0.6) is 0 Å². The highest BCUT2D eigenvalue weighted by atomic mass is 16.6. The average molecular weight is 570 g/mol. The van der Waals surface area contributed by atoms with Crippen LogP contribution in [0.2, 0.25) is 0 Å². The number of aliphatic hydroxyl groups is 1. The van der Waals surface area contributed by atoms with Crippen LogP contribution < -0.4 is 5.32 Å². The Labute approximate surface area is 235 Å². The lowest BCUT2D eigenvalue weighted by atomic mass is 9.63. The molecule has 12 heteroatoms. The zero-order chi connectivity index (χ0) is 30.5. The summed E-state index contributed by atoms with van der Waals surface area (Å²) >= 11 is 0. The first kappa shape index (κ1) is 33.2. The number of hydrogen-bond donors (Lipinski definition) is 2. The summed E-state index contributed by atoms with van der Waals surface area (Å²) in [5.41, 5.74) is -3.79. The van der Waals surface area contributed by atoms with Crippen LogP contribution >= 0.6 is 0 Å². The predicted molar refractivity (Wildman–Crippen MR) is 140 cm³/mol. The van der Waals surface area contributed by atoms with Gasteiger partial charge >= 0.3 is 23.9 Å². The summed E-state index contributed by atoms with van der Waals surface area (Å²) in [6.07, 6.45) is 0.216. The van der Waals surface area contributed by atoms with Gasteiger partial charge in [0.05, 0.1) is 13.2 Å². The molecule has 0 radical (unpaired) electrons. The quantitative estimate of drug-likeness (QED) is 0.236. The molecule has 1 aliphatic heterocycles. The molecule has 1 fully saturated rings. The molecule has 0 saturated heterocycles. The molecule has 2 rings (SSSR count). The van der Waals surface area contributed by atoms with E-state index in [-0.39, 0.29) is 24.2 Å². The van der Waals surface area contributed by atoms with E-state index in [4.69, 9.17) is 23.7 Å². The van der Waals surface area contributed by atoms with Gasteiger partial charge in [0.2, 0.25) is 11.5 Å². The molecule has 5 atom stereocenters. The summed E-state index contributed by atoms with van der Waals surface area (Å²) in [4.78, 5) is 61.3.